The Kier molecular flexibility index (Phi) is 3.83. The summed E-state index contributed by atoms with van der Waals surface area (Å²) in [4.78, 5) is 14.9. The van der Waals surface area contributed by atoms with Crippen LogP contribution in [0.1, 0.15) is 22.8 Å². The van der Waals surface area contributed by atoms with Crippen LogP contribution in [0.25, 0.3) is 0 Å². The first-order chi connectivity index (χ1) is 7.46. The normalized spacial score (nSPS) is 11.2. The SMILES string of the molecule is CCNNC(=O)c1cnccc1C(F)(F)F. The van der Waals surface area contributed by atoms with Gasteiger partial charge in [-0.25, -0.2) is 5.43 Å². The van der Waals surface area contributed by atoms with Gasteiger partial charge in [0, 0.05) is 18.9 Å². The van der Waals surface area contributed by atoms with Crippen molar-refractivity contribution in [2.75, 3.05) is 6.54 Å². The van der Waals surface area contributed by atoms with Crippen LogP contribution >= 0.6 is 0 Å². The van der Waals surface area contributed by atoms with E-state index in [4.69, 9.17) is 0 Å². The number of hydrogen-bond acceptors (Lipinski definition) is 3. The number of amides is 1. The largest absolute Gasteiger partial charge is 0.417 e. The van der Waals surface area contributed by atoms with Crippen molar-refractivity contribution in [1.29, 1.82) is 0 Å². The second kappa shape index (κ2) is 4.93. The molecule has 0 bridgehead atoms. The van der Waals surface area contributed by atoms with Crippen LogP contribution in [-0.2, 0) is 6.18 Å². The Bertz CT molecular complexity index is 379. The second-order valence-electron chi connectivity index (χ2n) is 2.90. The van der Waals surface area contributed by atoms with E-state index in [1.807, 2.05) is 0 Å². The molecule has 0 radical (unpaired) electrons. The monoisotopic (exact) mass is 233 g/mol. The first-order valence-corrected chi connectivity index (χ1v) is 4.51. The van der Waals surface area contributed by atoms with Gasteiger partial charge in [-0.1, -0.05) is 6.92 Å². The number of alkyl halides is 3. The van der Waals surface area contributed by atoms with Crippen LogP contribution in [0, 0.1) is 0 Å². The molecule has 88 valence electrons. The molecule has 0 saturated heterocycles. The molecule has 1 heterocycles. The summed E-state index contributed by atoms with van der Waals surface area (Å²) >= 11 is 0. The molecule has 1 aromatic rings. The van der Waals surface area contributed by atoms with Crippen LogP contribution in [0.3, 0.4) is 0 Å². The maximum Gasteiger partial charge on any atom is 0.417 e. The summed E-state index contributed by atoms with van der Waals surface area (Å²) in [5, 5.41) is 0. The van der Waals surface area contributed by atoms with Gasteiger partial charge < -0.3 is 0 Å². The van der Waals surface area contributed by atoms with E-state index >= 15 is 0 Å². The average Bonchev–Trinajstić information content (AvgIpc) is 2.24. The van der Waals surface area contributed by atoms with Crippen LogP contribution in [0.15, 0.2) is 18.5 Å². The summed E-state index contributed by atoms with van der Waals surface area (Å²) in [5.41, 5.74) is 3.06. The third kappa shape index (κ3) is 2.93. The quantitative estimate of drug-likeness (QED) is 0.775. The van der Waals surface area contributed by atoms with Crippen LogP contribution < -0.4 is 10.9 Å². The van der Waals surface area contributed by atoms with Gasteiger partial charge in [-0.3, -0.25) is 15.2 Å². The van der Waals surface area contributed by atoms with Gasteiger partial charge in [0.2, 0.25) is 0 Å². The fourth-order valence-electron chi connectivity index (χ4n) is 1.06. The highest BCUT2D eigenvalue weighted by Gasteiger charge is 2.35. The number of rotatable bonds is 3. The number of carbonyl (C=O) groups excluding carboxylic acids is 1. The van der Waals surface area contributed by atoms with Gasteiger partial charge >= 0.3 is 6.18 Å². The highest BCUT2D eigenvalue weighted by molar-refractivity contribution is 5.95. The minimum absolute atomic E-state index is 0.410. The molecule has 0 spiro atoms. The highest BCUT2D eigenvalue weighted by atomic mass is 19.4. The molecule has 0 aliphatic carbocycles. The van der Waals surface area contributed by atoms with E-state index in [1.54, 1.807) is 6.92 Å². The van der Waals surface area contributed by atoms with Gasteiger partial charge in [0.25, 0.3) is 5.91 Å². The van der Waals surface area contributed by atoms with Crippen molar-refractivity contribution in [2.45, 2.75) is 13.1 Å². The number of hydrogen-bond donors (Lipinski definition) is 2. The predicted molar refractivity (Wildman–Crippen MR) is 50.4 cm³/mol. The Morgan fingerprint density at radius 1 is 1.50 bits per heavy atom. The molecule has 2 N–H and O–H groups in total. The zero-order chi connectivity index (χ0) is 12.2. The standard InChI is InChI=1S/C9H10F3N3O/c1-2-14-15-8(16)6-5-13-4-3-7(6)9(10,11)12/h3-5,14H,2H2,1H3,(H,15,16). The molecule has 0 saturated carbocycles. The fraction of sp³-hybridized carbons (Fsp3) is 0.333. The molecular formula is C9H10F3N3O. The van der Waals surface area contributed by atoms with Crippen LogP contribution in [-0.4, -0.2) is 17.4 Å². The molecule has 1 aromatic heterocycles. The van der Waals surface area contributed by atoms with Gasteiger partial charge in [-0.2, -0.15) is 13.2 Å². The second-order valence-corrected chi connectivity index (χ2v) is 2.90. The lowest BCUT2D eigenvalue weighted by Crippen LogP contribution is -2.38. The van der Waals surface area contributed by atoms with Crippen molar-refractivity contribution >= 4 is 5.91 Å². The van der Waals surface area contributed by atoms with E-state index in [0.717, 1.165) is 18.5 Å². The molecule has 0 atom stereocenters. The molecule has 16 heavy (non-hydrogen) atoms. The first kappa shape index (κ1) is 12.4. The summed E-state index contributed by atoms with van der Waals surface area (Å²) in [5.74, 6) is -0.859. The smallest absolute Gasteiger partial charge is 0.287 e. The molecule has 0 aliphatic heterocycles. The maximum absolute atomic E-state index is 12.5. The van der Waals surface area contributed by atoms with Crippen molar-refractivity contribution in [1.82, 2.24) is 15.8 Å². The Labute approximate surface area is 89.8 Å². The van der Waals surface area contributed by atoms with E-state index in [9.17, 15) is 18.0 Å². The van der Waals surface area contributed by atoms with Gasteiger partial charge in [0.15, 0.2) is 0 Å². The molecule has 0 aliphatic rings. The summed E-state index contributed by atoms with van der Waals surface area (Å²) in [6.45, 7) is 2.11. The van der Waals surface area contributed by atoms with Crippen LogP contribution in [0.4, 0.5) is 13.2 Å². The molecular weight excluding hydrogens is 223 g/mol. The van der Waals surface area contributed by atoms with Gasteiger partial charge in [-0.05, 0) is 6.07 Å². The lowest BCUT2D eigenvalue weighted by molar-refractivity contribution is -0.138. The van der Waals surface area contributed by atoms with E-state index in [2.05, 4.69) is 15.8 Å². The Morgan fingerprint density at radius 3 is 2.75 bits per heavy atom. The highest BCUT2D eigenvalue weighted by Crippen LogP contribution is 2.31. The van der Waals surface area contributed by atoms with Crippen LogP contribution in [0.5, 0.6) is 0 Å². The van der Waals surface area contributed by atoms with E-state index < -0.39 is 23.2 Å². The molecule has 1 amide bonds. The van der Waals surface area contributed by atoms with Gasteiger partial charge in [0.05, 0.1) is 11.1 Å². The summed E-state index contributed by atoms with van der Waals surface area (Å²) < 4.78 is 37.5. The van der Waals surface area contributed by atoms with Crippen LogP contribution in [0.2, 0.25) is 0 Å². The molecule has 7 heteroatoms. The predicted octanol–water partition coefficient (Wildman–Crippen LogP) is 1.35. The van der Waals surface area contributed by atoms with Crippen molar-refractivity contribution < 1.29 is 18.0 Å². The Morgan fingerprint density at radius 2 is 2.19 bits per heavy atom. The number of carbonyl (C=O) groups is 1. The first-order valence-electron chi connectivity index (χ1n) is 4.51. The van der Waals surface area contributed by atoms with Crippen molar-refractivity contribution in [3.63, 3.8) is 0 Å². The molecule has 0 unspecified atom stereocenters. The van der Waals surface area contributed by atoms with E-state index in [-0.39, 0.29) is 0 Å². The number of hydrazine groups is 1. The lowest BCUT2D eigenvalue weighted by atomic mass is 10.1. The zero-order valence-electron chi connectivity index (χ0n) is 8.43. The van der Waals surface area contributed by atoms with Crippen molar-refractivity contribution in [3.05, 3.63) is 29.6 Å². The molecule has 4 nitrogen and oxygen atoms in total. The lowest BCUT2D eigenvalue weighted by Gasteiger charge is -2.11. The molecule has 0 aromatic carbocycles. The Balaban J connectivity index is 3.00. The average molecular weight is 233 g/mol. The fourth-order valence-corrected chi connectivity index (χ4v) is 1.06. The zero-order valence-corrected chi connectivity index (χ0v) is 8.43. The third-order valence-corrected chi connectivity index (χ3v) is 1.75. The molecule has 0 fully saturated rings. The summed E-state index contributed by atoms with van der Waals surface area (Å²) in [6, 6.07) is 0.765. The van der Waals surface area contributed by atoms with Gasteiger partial charge in [-0.15, -0.1) is 0 Å². The van der Waals surface area contributed by atoms with Crippen molar-refractivity contribution in [3.8, 4) is 0 Å². The topological polar surface area (TPSA) is 54.0 Å². The minimum Gasteiger partial charge on any atom is -0.287 e. The van der Waals surface area contributed by atoms with Gasteiger partial charge in [0.1, 0.15) is 0 Å². The number of nitrogens with zero attached hydrogens (tertiary/aromatic N) is 1. The Hall–Kier alpha value is -1.63. The van der Waals surface area contributed by atoms with Crippen molar-refractivity contribution in [2.24, 2.45) is 0 Å². The summed E-state index contributed by atoms with van der Waals surface area (Å²) in [6.07, 6.45) is -2.69. The summed E-state index contributed by atoms with van der Waals surface area (Å²) in [7, 11) is 0. The van der Waals surface area contributed by atoms with E-state index in [0.29, 0.717) is 6.54 Å². The number of nitrogens with one attached hydrogen (secondary N) is 2. The molecule has 1 rings (SSSR count). The number of aromatic nitrogens is 1. The third-order valence-electron chi connectivity index (χ3n) is 1.75. The minimum atomic E-state index is -4.57. The number of pyridine rings is 1. The van der Waals surface area contributed by atoms with E-state index in [1.165, 1.54) is 0 Å². The number of halogens is 3. The maximum atomic E-state index is 12.5.